The highest BCUT2D eigenvalue weighted by Gasteiger charge is 2.16. The third-order valence-corrected chi connectivity index (χ3v) is 4.44. The van der Waals surface area contributed by atoms with Gasteiger partial charge in [-0.05, 0) is 48.0 Å². The van der Waals surface area contributed by atoms with Gasteiger partial charge in [0, 0.05) is 24.5 Å². The number of carbonyl (C=O) groups excluding carboxylic acids is 1. The van der Waals surface area contributed by atoms with Crippen LogP contribution in [0, 0.1) is 0 Å². The molecule has 1 amide bonds. The van der Waals surface area contributed by atoms with E-state index < -0.39 is 0 Å². The summed E-state index contributed by atoms with van der Waals surface area (Å²) < 4.78 is 3.23. The molecule has 0 radical (unpaired) electrons. The molecule has 0 aliphatic rings. The molecule has 0 saturated carbocycles. The zero-order valence-electron chi connectivity index (χ0n) is 15.3. The quantitative estimate of drug-likeness (QED) is 0.538. The van der Waals surface area contributed by atoms with Gasteiger partial charge in [0.05, 0.1) is 17.7 Å². The van der Waals surface area contributed by atoms with Crippen LogP contribution in [0.25, 0.3) is 16.9 Å². The first-order valence-electron chi connectivity index (χ1n) is 8.81. The number of nitrogens with one attached hydrogen (secondary N) is 1. The highest BCUT2D eigenvalue weighted by Crippen LogP contribution is 2.19. The van der Waals surface area contributed by atoms with Gasteiger partial charge in [0.15, 0.2) is 5.65 Å². The van der Waals surface area contributed by atoms with Crippen LogP contribution in [-0.4, -0.2) is 20.0 Å². The lowest BCUT2D eigenvalue weighted by Crippen LogP contribution is -2.24. The maximum atomic E-state index is 13.3. The Morgan fingerprint density at radius 2 is 1.89 bits per heavy atom. The van der Waals surface area contributed by atoms with Gasteiger partial charge in [0.1, 0.15) is 0 Å². The predicted molar refractivity (Wildman–Crippen MR) is 110 cm³/mol. The van der Waals surface area contributed by atoms with E-state index in [2.05, 4.69) is 10.3 Å². The molecule has 7 nitrogen and oxygen atoms in total. The van der Waals surface area contributed by atoms with Crippen molar-refractivity contribution >= 4 is 28.4 Å². The molecule has 140 valence electrons. The van der Waals surface area contributed by atoms with Gasteiger partial charge in [-0.1, -0.05) is 18.2 Å². The molecule has 0 spiro atoms. The van der Waals surface area contributed by atoms with E-state index in [1.165, 1.54) is 6.92 Å². The standard InChI is InChI=1S/C21H19N5O2/c1-14(27)24-17-4-2-5-18(12-17)26-20-19(6-3-11-23-20)25(21(26)28)13-15-7-9-16(22)10-8-15/h2-12H,13,22H2,1H3,(H,24,27). The first kappa shape index (κ1) is 17.5. The maximum absolute atomic E-state index is 13.3. The summed E-state index contributed by atoms with van der Waals surface area (Å²) in [5, 5.41) is 2.74. The molecule has 28 heavy (non-hydrogen) atoms. The number of hydrogen-bond acceptors (Lipinski definition) is 4. The summed E-state index contributed by atoms with van der Waals surface area (Å²) in [6.07, 6.45) is 1.66. The van der Waals surface area contributed by atoms with Crippen LogP contribution in [0.1, 0.15) is 12.5 Å². The van der Waals surface area contributed by atoms with Crippen LogP contribution >= 0.6 is 0 Å². The molecule has 4 rings (SSSR count). The first-order chi connectivity index (χ1) is 13.5. The Kier molecular flexibility index (Phi) is 4.41. The van der Waals surface area contributed by atoms with E-state index >= 15 is 0 Å². The molecule has 0 atom stereocenters. The Morgan fingerprint density at radius 1 is 1.11 bits per heavy atom. The molecule has 2 aromatic heterocycles. The minimum Gasteiger partial charge on any atom is -0.399 e. The number of aromatic nitrogens is 3. The lowest BCUT2D eigenvalue weighted by Gasteiger charge is -2.06. The number of rotatable bonds is 4. The van der Waals surface area contributed by atoms with E-state index in [1.54, 1.807) is 39.6 Å². The van der Waals surface area contributed by atoms with Gasteiger partial charge in [0.2, 0.25) is 5.91 Å². The monoisotopic (exact) mass is 373 g/mol. The summed E-state index contributed by atoms with van der Waals surface area (Å²) in [4.78, 5) is 29.1. The lowest BCUT2D eigenvalue weighted by atomic mass is 10.2. The predicted octanol–water partition coefficient (Wildman–Crippen LogP) is 2.78. The largest absolute Gasteiger partial charge is 0.399 e. The molecule has 0 fully saturated rings. The molecule has 0 aliphatic heterocycles. The molecule has 0 aliphatic carbocycles. The number of nitrogens with zero attached hydrogens (tertiary/aromatic N) is 3. The van der Waals surface area contributed by atoms with Gasteiger partial charge >= 0.3 is 5.69 Å². The molecular formula is C21H19N5O2. The Labute approximate surface area is 161 Å². The number of pyridine rings is 1. The smallest absolute Gasteiger partial charge is 0.335 e. The third-order valence-electron chi connectivity index (χ3n) is 4.44. The van der Waals surface area contributed by atoms with Gasteiger partial charge in [-0.15, -0.1) is 0 Å². The van der Waals surface area contributed by atoms with Gasteiger partial charge in [-0.25, -0.2) is 14.3 Å². The van der Waals surface area contributed by atoms with Crippen molar-refractivity contribution < 1.29 is 4.79 Å². The number of carbonyl (C=O) groups is 1. The average molecular weight is 373 g/mol. The van der Waals surface area contributed by atoms with Gasteiger partial charge in [-0.3, -0.25) is 9.36 Å². The fraction of sp³-hybridized carbons (Fsp3) is 0.0952. The van der Waals surface area contributed by atoms with Crippen LogP contribution in [0.4, 0.5) is 11.4 Å². The first-order valence-corrected chi connectivity index (χ1v) is 8.81. The molecule has 3 N–H and O–H groups in total. The highest BCUT2D eigenvalue weighted by atomic mass is 16.2. The number of amides is 1. The second-order valence-corrected chi connectivity index (χ2v) is 6.52. The molecule has 7 heteroatoms. The van der Waals surface area contributed by atoms with Crippen LogP contribution in [-0.2, 0) is 11.3 Å². The number of fused-ring (bicyclic) bond motifs is 1. The summed E-state index contributed by atoms with van der Waals surface area (Å²) in [5.41, 5.74) is 9.74. The number of imidazole rings is 1. The normalized spacial score (nSPS) is 10.9. The van der Waals surface area contributed by atoms with Crippen LogP contribution in [0.3, 0.4) is 0 Å². The SMILES string of the molecule is CC(=O)Nc1cccc(-n2c(=O)n(Cc3ccc(N)cc3)c3cccnc32)c1. The van der Waals surface area contributed by atoms with Gasteiger partial charge in [-0.2, -0.15) is 0 Å². The van der Waals surface area contributed by atoms with Crippen molar-refractivity contribution in [3.8, 4) is 5.69 Å². The van der Waals surface area contributed by atoms with E-state index in [1.807, 2.05) is 36.4 Å². The van der Waals surface area contributed by atoms with Crippen molar-refractivity contribution in [2.24, 2.45) is 0 Å². The van der Waals surface area contributed by atoms with Crippen molar-refractivity contribution in [3.05, 3.63) is 82.9 Å². The van der Waals surface area contributed by atoms with E-state index in [4.69, 9.17) is 5.73 Å². The highest BCUT2D eigenvalue weighted by molar-refractivity contribution is 5.89. The van der Waals surface area contributed by atoms with Crippen molar-refractivity contribution in [2.75, 3.05) is 11.1 Å². The van der Waals surface area contributed by atoms with E-state index in [0.29, 0.717) is 29.3 Å². The zero-order valence-corrected chi connectivity index (χ0v) is 15.3. The summed E-state index contributed by atoms with van der Waals surface area (Å²) in [7, 11) is 0. The molecule has 0 bridgehead atoms. The summed E-state index contributed by atoms with van der Waals surface area (Å²) in [5.74, 6) is -0.173. The zero-order chi connectivity index (χ0) is 19.7. The van der Waals surface area contributed by atoms with E-state index in [0.717, 1.165) is 11.1 Å². The Hall–Kier alpha value is -3.87. The maximum Gasteiger partial charge on any atom is 0.335 e. The fourth-order valence-electron chi connectivity index (χ4n) is 3.20. The summed E-state index contributed by atoms with van der Waals surface area (Å²) >= 11 is 0. The molecule has 0 unspecified atom stereocenters. The van der Waals surface area contributed by atoms with Crippen LogP contribution in [0.15, 0.2) is 71.7 Å². The van der Waals surface area contributed by atoms with Crippen molar-refractivity contribution in [1.29, 1.82) is 0 Å². The Balaban J connectivity index is 1.86. The fourth-order valence-corrected chi connectivity index (χ4v) is 3.20. The second-order valence-electron chi connectivity index (χ2n) is 6.52. The molecular weight excluding hydrogens is 354 g/mol. The minimum atomic E-state index is -0.203. The number of anilines is 2. The summed E-state index contributed by atoms with van der Waals surface area (Å²) in [6.45, 7) is 1.85. The Bertz CT molecular complexity index is 1220. The number of hydrogen-bond donors (Lipinski definition) is 2. The number of nitrogens with two attached hydrogens (primary N) is 1. The van der Waals surface area contributed by atoms with Gasteiger partial charge < -0.3 is 11.1 Å². The van der Waals surface area contributed by atoms with Gasteiger partial charge in [0.25, 0.3) is 0 Å². The second kappa shape index (κ2) is 7.03. The van der Waals surface area contributed by atoms with Crippen molar-refractivity contribution in [1.82, 2.24) is 14.1 Å². The minimum absolute atomic E-state index is 0.173. The Morgan fingerprint density at radius 3 is 2.64 bits per heavy atom. The van der Waals surface area contributed by atoms with Crippen molar-refractivity contribution in [2.45, 2.75) is 13.5 Å². The molecule has 4 aromatic rings. The third kappa shape index (κ3) is 3.25. The number of benzene rings is 2. The van der Waals surface area contributed by atoms with Crippen molar-refractivity contribution in [3.63, 3.8) is 0 Å². The average Bonchev–Trinajstić information content (AvgIpc) is 2.95. The van der Waals surface area contributed by atoms with Crippen LogP contribution in [0.5, 0.6) is 0 Å². The summed E-state index contributed by atoms with van der Waals surface area (Å²) in [6, 6.07) is 18.2. The molecule has 2 aromatic carbocycles. The van der Waals surface area contributed by atoms with E-state index in [-0.39, 0.29) is 11.6 Å². The van der Waals surface area contributed by atoms with E-state index in [9.17, 15) is 9.59 Å². The topological polar surface area (TPSA) is 94.9 Å². The lowest BCUT2D eigenvalue weighted by molar-refractivity contribution is -0.114. The van der Waals surface area contributed by atoms with Crippen LogP contribution < -0.4 is 16.7 Å². The molecule has 0 saturated heterocycles. The van der Waals surface area contributed by atoms with Crippen LogP contribution in [0.2, 0.25) is 0 Å². The molecule has 2 heterocycles. The number of nitrogen functional groups attached to an aromatic ring is 1.